The number of nitrogens with two attached hydrogens (primary N) is 2. The van der Waals surface area contributed by atoms with Gasteiger partial charge in [0.15, 0.2) is 0 Å². The Balaban J connectivity index is 3.01. The van der Waals surface area contributed by atoms with E-state index in [4.69, 9.17) is 16.6 Å². The van der Waals surface area contributed by atoms with Crippen molar-refractivity contribution in [3.63, 3.8) is 0 Å². The summed E-state index contributed by atoms with van der Waals surface area (Å²) in [6, 6.07) is 1.94. The van der Waals surface area contributed by atoms with Crippen molar-refractivity contribution in [3.05, 3.63) is 23.5 Å². The molecule has 0 aliphatic rings. The number of aliphatic hydroxyl groups excluding tert-OH is 1. The number of carbonyl (C=O) groups excluding carboxylic acids is 1. The van der Waals surface area contributed by atoms with Crippen LogP contribution < -0.4 is 16.2 Å². The molecule has 6 N–H and O–H groups in total. The summed E-state index contributed by atoms with van der Waals surface area (Å²) in [6.45, 7) is 0.815. The first-order valence-corrected chi connectivity index (χ1v) is 6.66. The second kappa shape index (κ2) is 5.51. The van der Waals surface area contributed by atoms with Gasteiger partial charge in [-0.1, -0.05) is 0 Å². The van der Waals surface area contributed by atoms with Crippen molar-refractivity contribution < 1.29 is 22.7 Å². The first kappa shape index (κ1) is 15.3. The van der Waals surface area contributed by atoms with Crippen LogP contribution in [0.3, 0.4) is 0 Å². The van der Waals surface area contributed by atoms with Crippen LogP contribution in [0.2, 0.25) is 0 Å². The van der Waals surface area contributed by atoms with Crippen molar-refractivity contribution in [3.8, 4) is 0 Å². The summed E-state index contributed by atoms with van der Waals surface area (Å²) in [4.78, 5) is 10.4. The first-order chi connectivity index (χ1) is 8.65. The van der Waals surface area contributed by atoms with Gasteiger partial charge in [0.1, 0.15) is 11.9 Å². The fourth-order valence-corrected chi connectivity index (χ4v) is 2.62. The Hall–Kier alpha value is -1.71. The van der Waals surface area contributed by atoms with Crippen LogP contribution in [0.15, 0.2) is 17.0 Å². The monoisotopic (exact) mass is 291 g/mol. The van der Waals surface area contributed by atoms with Crippen molar-refractivity contribution in [1.29, 1.82) is 0 Å². The molecule has 1 amide bonds. The van der Waals surface area contributed by atoms with Gasteiger partial charge >= 0.3 is 0 Å². The number of nitrogen functional groups attached to an aromatic ring is 1. The van der Waals surface area contributed by atoms with Gasteiger partial charge in [-0.25, -0.2) is 17.5 Å². The zero-order chi connectivity index (χ0) is 14.8. The van der Waals surface area contributed by atoms with Crippen LogP contribution in [-0.2, 0) is 14.8 Å². The zero-order valence-corrected chi connectivity index (χ0v) is 10.9. The minimum absolute atomic E-state index is 0.146. The third-order valence-electron chi connectivity index (χ3n) is 2.38. The molecule has 1 unspecified atom stereocenters. The molecule has 1 aromatic rings. The summed E-state index contributed by atoms with van der Waals surface area (Å²) in [7, 11) is -4.02. The lowest BCUT2D eigenvalue weighted by atomic mass is 10.2. The Morgan fingerprint density at radius 3 is 2.63 bits per heavy atom. The van der Waals surface area contributed by atoms with E-state index in [0.717, 1.165) is 12.1 Å². The molecule has 0 heterocycles. The third kappa shape index (κ3) is 3.63. The molecular weight excluding hydrogens is 277 g/mol. The Morgan fingerprint density at radius 1 is 1.53 bits per heavy atom. The SMILES string of the molecule is Cc1cc(F)c(N)cc1S(=O)(=O)NCC(O)C(N)=O. The maximum atomic E-state index is 13.1. The Bertz CT molecular complexity index is 603. The first-order valence-electron chi connectivity index (χ1n) is 5.18. The fourth-order valence-electron chi connectivity index (χ4n) is 1.33. The number of nitrogens with one attached hydrogen (secondary N) is 1. The minimum atomic E-state index is -4.02. The van der Waals surface area contributed by atoms with E-state index >= 15 is 0 Å². The van der Waals surface area contributed by atoms with E-state index < -0.39 is 34.4 Å². The average molecular weight is 291 g/mol. The molecule has 0 radical (unpaired) electrons. The van der Waals surface area contributed by atoms with E-state index in [1.54, 1.807) is 0 Å². The summed E-state index contributed by atoms with van der Waals surface area (Å²) < 4.78 is 38.9. The lowest BCUT2D eigenvalue weighted by molar-refractivity contribution is -0.125. The third-order valence-corrected chi connectivity index (χ3v) is 3.94. The van der Waals surface area contributed by atoms with Gasteiger partial charge in [0.2, 0.25) is 15.9 Å². The highest BCUT2D eigenvalue weighted by Gasteiger charge is 2.21. The molecule has 7 nitrogen and oxygen atoms in total. The van der Waals surface area contributed by atoms with Crippen LogP contribution in [0.5, 0.6) is 0 Å². The zero-order valence-electron chi connectivity index (χ0n) is 10.1. The molecule has 1 rings (SSSR count). The number of rotatable bonds is 5. The van der Waals surface area contributed by atoms with Gasteiger partial charge < -0.3 is 16.6 Å². The minimum Gasteiger partial charge on any atom is -0.396 e. The number of sulfonamides is 1. The van der Waals surface area contributed by atoms with Gasteiger partial charge in [0, 0.05) is 6.54 Å². The van der Waals surface area contributed by atoms with Gasteiger partial charge in [-0.2, -0.15) is 0 Å². The van der Waals surface area contributed by atoms with E-state index in [2.05, 4.69) is 0 Å². The van der Waals surface area contributed by atoms with E-state index in [1.807, 2.05) is 4.72 Å². The average Bonchev–Trinajstić information content (AvgIpc) is 2.30. The maximum absolute atomic E-state index is 13.1. The number of aryl methyl sites for hydroxylation is 1. The molecule has 1 atom stereocenters. The molecule has 9 heteroatoms. The summed E-state index contributed by atoms with van der Waals surface area (Å²) in [5.74, 6) is -1.79. The van der Waals surface area contributed by atoms with Gasteiger partial charge in [0.05, 0.1) is 10.6 Å². The van der Waals surface area contributed by atoms with Crippen LogP contribution >= 0.6 is 0 Å². The van der Waals surface area contributed by atoms with Crippen LogP contribution in [0.4, 0.5) is 10.1 Å². The topological polar surface area (TPSA) is 136 Å². The second-order valence-corrected chi connectivity index (χ2v) is 5.64. The summed E-state index contributed by atoms with van der Waals surface area (Å²) in [5, 5.41) is 9.12. The quantitative estimate of drug-likeness (QED) is 0.507. The van der Waals surface area contributed by atoms with Gasteiger partial charge in [-0.15, -0.1) is 0 Å². The normalized spacial score (nSPS) is 13.2. The number of hydrogen-bond acceptors (Lipinski definition) is 5. The largest absolute Gasteiger partial charge is 0.396 e. The summed E-state index contributed by atoms with van der Waals surface area (Å²) in [5.41, 5.74) is 9.91. The molecule has 0 aliphatic heterocycles. The number of carbonyl (C=O) groups is 1. The Morgan fingerprint density at radius 2 is 2.11 bits per heavy atom. The predicted molar refractivity (Wildman–Crippen MR) is 65.9 cm³/mol. The molecule has 0 aromatic heterocycles. The summed E-state index contributed by atoms with van der Waals surface area (Å²) in [6.07, 6.45) is -1.65. The number of amides is 1. The molecular formula is C10H14FN3O4S. The predicted octanol–water partition coefficient (Wildman–Crippen LogP) is -1.16. The van der Waals surface area contributed by atoms with Crippen molar-refractivity contribution in [2.75, 3.05) is 12.3 Å². The van der Waals surface area contributed by atoms with Gasteiger partial charge in [0.25, 0.3) is 0 Å². The maximum Gasteiger partial charge on any atom is 0.247 e. The number of benzene rings is 1. The second-order valence-electron chi connectivity index (χ2n) is 3.91. The van der Waals surface area contributed by atoms with Crippen molar-refractivity contribution >= 4 is 21.6 Å². The number of hydrogen-bond donors (Lipinski definition) is 4. The Kier molecular flexibility index (Phi) is 4.45. The molecule has 1 aromatic carbocycles. The van der Waals surface area contributed by atoms with E-state index in [9.17, 15) is 17.6 Å². The lowest BCUT2D eigenvalue weighted by Gasteiger charge is -2.12. The highest BCUT2D eigenvalue weighted by atomic mass is 32.2. The van der Waals surface area contributed by atoms with E-state index in [-0.39, 0.29) is 16.1 Å². The van der Waals surface area contributed by atoms with Crippen molar-refractivity contribution in [1.82, 2.24) is 4.72 Å². The molecule has 0 spiro atoms. The van der Waals surface area contributed by atoms with E-state index in [0.29, 0.717) is 0 Å². The highest BCUT2D eigenvalue weighted by molar-refractivity contribution is 7.89. The van der Waals surface area contributed by atoms with Crippen molar-refractivity contribution in [2.24, 2.45) is 5.73 Å². The van der Waals surface area contributed by atoms with Crippen LogP contribution in [0.25, 0.3) is 0 Å². The smallest absolute Gasteiger partial charge is 0.247 e. The fraction of sp³-hybridized carbons (Fsp3) is 0.300. The molecule has 19 heavy (non-hydrogen) atoms. The number of anilines is 1. The standard InChI is InChI=1S/C10H14FN3O4S/c1-5-2-6(11)7(12)3-9(5)19(17,18)14-4-8(15)10(13)16/h2-3,8,14-15H,4,12H2,1H3,(H2,13,16). The van der Waals surface area contributed by atoms with E-state index in [1.165, 1.54) is 6.92 Å². The molecule has 0 saturated heterocycles. The number of aliphatic hydroxyl groups is 1. The van der Waals surface area contributed by atoms with Crippen LogP contribution in [-0.4, -0.2) is 32.1 Å². The van der Waals surface area contributed by atoms with Crippen LogP contribution in [0, 0.1) is 12.7 Å². The Labute approximate surface area is 109 Å². The van der Waals surface area contributed by atoms with Gasteiger partial charge in [-0.05, 0) is 24.6 Å². The molecule has 0 bridgehead atoms. The van der Waals surface area contributed by atoms with Crippen molar-refractivity contribution in [2.45, 2.75) is 17.9 Å². The highest BCUT2D eigenvalue weighted by Crippen LogP contribution is 2.21. The molecule has 0 aliphatic carbocycles. The molecule has 0 saturated carbocycles. The van der Waals surface area contributed by atoms with Gasteiger partial charge in [-0.3, -0.25) is 4.79 Å². The molecule has 106 valence electrons. The summed E-state index contributed by atoms with van der Waals surface area (Å²) >= 11 is 0. The lowest BCUT2D eigenvalue weighted by Crippen LogP contribution is -2.40. The number of primary amides is 1. The van der Waals surface area contributed by atoms with Crippen LogP contribution in [0.1, 0.15) is 5.56 Å². The number of halogens is 1. The molecule has 0 fully saturated rings.